The molecule has 0 aliphatic carbocycles. The van der Waals surface area contributed by atoms with Crippen molar-refractivity contribution in [2.75, 3.05) is 14.2 Å². The largest absolute Gasteiger partial charge is 0.493 e. The standard InChI is InChI=1S/C15H18N4O4/c1-9-11(15(21)19-17-9)7-13(20)18-16-8-10-5-4-6-12(22-2)14(10)23-3/h4-6,8H,7H2,1-3H3,(H,18,20)(H2,17,19,21)/b16-8-. The Morgan fingerprint density at radius 1 is 1.30 bits per heavy atom. The first kappa shape index (κ1) is 16.3. The lowest BCUT2D eigenvalue weighted by atomic mass is 10.2. The van der Waals surface area contributed by atoms with Crippen LogP contribution in [0.15, 0.2) is 28.1 Å². The van der Waals surface area contributed by atoms with E-state index in [9.17, 15) is 9.59 Å². The summed E-state index contributed by atoms with van der Waals surface area (Å²) in [7, 11) is 3.06. The number of nitrogens with zero attached hydrogens (tertiary/aromatic N) is 1. The molecule has 2 aromatic rings. The molecule has 8 heteroatoms. The molecule has 23 heavy (non-hydrogen) atoms. The number of aromatic nitrogens is 2. The minimum absolute atomic E-state index is 0.0583. The fraction of sp³-hybridized carbons (Fsp3) is 0.267. The maximum atomic E-state index is 11.8. The third-order valence-corrected chi connectivity index (χ3v) is 3.25. The Bertz CT molecular complexity index is 776. The number of hydrogen-bond donors (Lipinski definition) is 3. The van der Waals surface area contributed by atoms with Gasteiger partial charge in [-0.05, 0) is 19.1 Å². The summed E-state index contributed by atoms with van der Waals surface area (Å²) >= 11 is 0. The van der Waals surface area contributed by atoms with E-state index >= 15 is 0 Å². The summed E-state index contributed by atoms with van der Waals surface area (Å²) in [5, 5.41) is 8.97. The number of methoxy groups -OCH3 is 2. The summed E-state index contributed by atoms with van der Waals surface area (Å²) in [5.74, 6) is 0.694. The van der Waals surface area contributed by atoms with Gasteiger partial charge >= 0.3 is 0 Å². The molecule has 2 rings (SSSR count). The van der Waals surface area contributed by atoms with Crippen molar-refractivity contribution in [3.8, 4) is 11.5 Å². The molecule has 0 aliphatic heterocycles. The number of hydrogen-bond acceptors (Lipinski definition) is 5. The van der Waals surface area contributed by atoms with Crippen LogP contribution in [0.25, 0.3) is 0 Å². The fourth-order valence-electron chi connectivity index (χ4n) is 2.07. The van der Waals surface area contributed by atoms with Gasteiger partial charge in [0.1, 0.15) is 0 Å². The van der Waals surface area contributed by atoms with E-state index in [-0.39, 0.29) is 12.0 Å². The van der Waals surface area contributed by atoms with E-state index in [1.165, 1.54) is 20.4 Å². The highest BCUT2D eigenvalue weighted by Gasteiger charge is 2.11. The number of benzene rings is 1. The minimum atomic E-state index is -0.392. The molecule has 0 saturated heterocycles. The van der Waals surface area contributed by atoms with Gasteiger partial charge in [-0.2, -0.15) is 5.10 Å². The first-order valence-electron chi connectivity index (χ1n) is 6.85. The van der Waals surface area contributed by atoms with E-state index in [0.717, 1.165) is 0 Å². The molecule has 1 heterocycles. The Labute approximate surface area is 132 Å². The molecule has 0 spiro atoms. The van der Waals surface area contributed by atoms with Crippen LogP contribution in [0.3, 0.4) is 0 Å². The van der Waals surface area contributed by atoms with Gasteiger partial charge in [0.25, 0.3) is 5.56 Å². The molecule has 1 amide bonds. The number of aromatic amines is 2. The average molecular weight is 318 g/mol. The highest BCUT2D eigenvalue weighted by atomic mass is 16.5. The quantitative estimate of drug-likeness (QED) is 0.538. The van der Waals surface area contributed by atoms with Crippen LogP contribution >= 0.6 is 0 Å². The number of para-hydroxylation sites is 1. The molecular formula is C15H18N4O4. The van der Waals surface area contributed by atoms with Crippen molar-refractivity contribution in [3.63, 3.8) is 0 Å². The topological polar surface area (TPSA) is 109 Å². The second-order valence-electron chi connectivity index (χ2n) is 4.74. The summed E-state index contributed by atoms with van der Waals surface area (Å²) in [5.41, 5.74) is 3.74. The first-order valence-corrected chi connectivity index (χ1v) is 6.85. The van der Waals surface area contributed by atoms with Crippen molar-refractivity contribution in [2.45, 2.75) is 13.3 Å². The van der Waals surface area contributed by atoms with Crippen LogP contribution in [-0.4, -0.2) is 36.5 Å². The molecule has 0 fully saturated rings. The zero-order valence-corrected chi connectivity index (χ0v) is 13.1. The SMILES string of the molecule is COc1cccc(/C=N\NC(=O)Cc2c(C)[nH][nH]c2=O)c1OC. The predicted molar refractivity (Wildman–Crippen MR) is 85.1 cm³/mol. The number of carbonyl (C=O) groups excluding carboxylic acids is 1. The number of carbonyl (C=O) groups is 1. The molecule has 122 valence electrons. The van der Waals surface area contributed by atoms with E-state index in [4.69, 9.17) is 9.47 Å². The van der Waals surface area contributed by atoms with Crippen LogP contribution in [0.5, 0.6) is 11.5 Å². The third kappa shape index (κ3) is 3.79. The van der Waals surface area contributed by atoms with Gasteiger partial charge in [0.2, 0.25) is 5.91 Å². The summed E-state index contributed by atoms with van der Waals surface area (Å²) in [4.78, 5) is 23.3. The molecular weight excluding hydrogens is 300 g/mol. The number of rotatable bonds is 6. The lowest BCUT2D eigenvalue weighted by molar-refractivity contribution is -0.120. The van der Waals surface area contributed by atoms with Gasteiger partial charge in [-0.25, -0.2) is 5.43 Å². The summed E-state index contributed by atoms with van der Waals surface area (Å²) in [6, 6.07) is 5.32. The predicted octanol–water partition coefficient (Wildman–Crippen LogP) is 0.721. The number of aryl methyl sites for hydroxylation is 1. The Morgan fingerprint density at radius 2 is 2.09 bits per heavy atom. The monoisotopic (exact) mass is 318 g/mol. The smallest absolute Gasteiger partial charge is 0.267 e. The minimum Gasteiger partial charge on any atom is -0.493 e. The van der Waals surface area contributed by atoms with E-state index in [0.29, 0.717) is 28.3 Å². The van der Waals surface area contributed by atoms with Crippen molar-refractivity contribution in [1.29, 1.82) is 0 Å². The lowest BCUT2D eigenvalue weighted by Gasteiger charge is -2.09. The zero-order valence-electron chi connectivity index (χ0n) is 13.1. The lowest BCUT2D eigenvalue weighted by Crippen LogP contribution is -2.23. The number of H-pyrrole nitrogens is 2. The summed E-state index contributed by atoms with van der Waals surface area (Å²) < 4.78 is 10.4. The Balaban J connectivity index is 2.05. The number of amides is 1. The number of ether oxygens (including phenoxy) is 2. The van der Waals surface area contributed by atoms with Crippen LogP contribution in [0.4, 0.5) is 0 Å². The van der Waals surface area contributed by atoms with Gasteiger partial charge in [0, 0.05) is 16.8 Å². The fourth-order valence-corrected chi connectivity index (χ4v) is 2.07. The zero-order chi connectivity index (χ0) is 16.8. The van der Waals surface area contributed by atoms with Crippen molar-refractivity contribution in [2.24, 2.45) is 5.10 Å². The van der Waals surface area contributed by atoms with Gasteiger partial charge in [0.15, 0.2) is 11.5 Å². The van der Waals surface area contributed by atoms with Crippen LogP contribution in [0.1, 0.15) is 16.8 Å². The number of hydrazone groups is 1. The average Bonchev–Trinajstić information content (AvgIpc) is 2.86. The van der Waals surface area contributed by atoms with Crippen molar-refractivity contribution >= 4 is 12.1 Å². The van der Waals surface area contributed by atoms with E-state index < -0.39 is 5.91 Å². The summed E-state index contributed by atoms with van der Waals surface area (Å²) in [6.07, 6.45) is 1.39. The first-order chi connectivity index (χ1) is 11.1. The molecule has 0 radical (unpaired) electrons. The molecule has 1 aromatic heterocycles. The van der Waals surface area contributed by atoms with E-state index in [2.05, 4.69) is 20.7 Å². The molecule has 0 aliphatic rings. The second kappa shape index (κ2) is 7.30. The van der Waals surface area contributed by atoms with Gasteiger partial charge in [-0.3, -0.25) is 14.7 Å². The Kier molecular flexibility index (Phi) is 5.19. The van der Waals surface area contributed by atoms with Crippen LogP contribution in [0, 0.1) is 6.92 Å². The van der Waals surface area contributed by atoms with Gasteiger partial charge in [0.05, 0.1) is 26.9 Å². The molecule has 0 atom stereocenters. The molecule has 1 aromatic carbocycles. The maximum absolute atomic E-state index is 11.8. The van der Waals surface area contributed by atoms with Crippen LogP contribution in [0.2, 0.25) is 0 Å². The van der Waals surface area contributed by atoms with Crippen molar-refractivity contribution in [1.82, 2.24) is 15.6 Å². The molecule has 0 bridgehead atoms. The maximum Gasteiger partial charge on any atom is 0.267 e. The molecule has 0 unspecified atom stereocenters. The van der Waals surface area contributed by atoms with E-state index in [1.54, 1.807) is 25.1 Å². The highest BCUT2D eigenvalue weighted by molar-refractivity contribution is 5.86. The van der Waals surface area contributed by atoms with Gasteiger partial charge < -0.3 is 14.6 Å². The van der Waals surface area contributed by atoms with Crippen molar-refractivity contribution in [3.05, 3.63) is 45.4 Å². The van der Waals surface area contributed by atoms with Crippen molar-refractivity contribution < 1.29 is 14.3 Å². The number of nitrogens with one attached hydrogen (secondary N) is 3. The van der Waals surface area contributed by atoms with Gasteiger partial charge in [-0.1, -0.05) is 6.07 Å². The molecule has 0 saturated carbocycles. The van der Waals surface area contributed by atoms with Crippen LogP contribution in [-0.2, 0) is 11.2 Å². The van der Waals surface area contributed by atoms with E-state index in [1.807, 2.05) is 0 Å². The summed E-state index contributed by atoms with van der Waals surface area (Å²) in [6.45, 7) is 1.71. The highest BCUT2D eigenvalue weighted by Crippen LogP contribution is 2.29. The second-order valence-corrected chi connectivity index (χ2v) is 4.74. The molecule has 3 N–H and O–H groups in total. The Morgan fingerprint density at radius 3 is 2.70 bits per heavy atom. The van der Waals surface area contributed by atoms with Gasteiger partial charge in [-0.15, -0.1) is 0 Å². The Hall–Kier alpha value is -3.03. The normalized spacial score (nSPS) is 10.7. The molecule has 8 nitrogen and oxygen atoms in total. The third-order valence-electron chi connectivity index (χ3n) is 3.25. The van der Waals surface area contributed by atoms with Crippen LogP contribution < -0.4 is 20.5 Å².